The summed E-state index contributed by atoms with van der Waals surface area (Å²) in [4.78, 5) is 0. The molecule has 0 spiro atoms. The van der Waals surface area contributed by atoms with E-state index in [1.807, 2.05) is 25.1 Å². The lowest BCUT2D eigenvalue weighted by molar-refractivity contribution is -0.0356. The van der Waals surface area contributed by atoms with Crippen molar-refractivity contribution >= 4 is 0 Å². The van der Waals surface area contributed by atoms with E-state index in [0.717, 1.165) is 17.7 Å². The average molecular weight is 280 g/mol. The van der Waals surface area contributed by atoms with E-state index >= 15 is 0 Å². The highest BCUT2D eigenvalue weighted by Crippen LogP contribution is 2.28. The number of ether oxygens (including phenoxy) is 2. The zero-order valence-corrected chi connectivity index (χ0v) is 13.3. The number of rotatable bonds is 7. The van der Waals surface area contributed by atoms with Gasteiger partial charge in [-0.2, -0.15) is 0 Å². The van der Waals surface area contributed by atoms with Crippen LogP contribution in [-0.2, 0) is 11.2 Å². The second kappa shape index (κ2) is 7.62. The van der Waals surface area contributed by atoms with Crippen LogP contribution < -0.4 is 16.0 Å². The van der Waals surface area contributed by atoms with Crippen molar-refractivity contribution in [3.63, 3.8) is 0 Å². The summed E-state index contributed by atoms with van der Waals surface area (Å²) in [5.74, 6) is 6.66. The number of nitrogens with two attached hydrogens (primary N) is 1. The molecule has 0 fully saturated rings. The molecule has 2 unspecified atom stereocenters. The van der Waals surface area contributed by atoms with Gasteiger partial charge in [0.1, 0.15) is 5.75 Å². The third-order valence-electron chi connectivity index (χ3n) is 3.41. The topological polar surface area (TPSA) is 56.5 Å². The lowest BCUT2D eigenvalue weighted by Crippen LogP contribution is -2.52. The van der Waals surface area contributed by atoms with Crippen molar-refractivity contribution in [2.75, 3.05) is 13.7 Å². The summed E-state index contributed by atoms with van der Waals surface area (Å²) in [6.45, 7) is 9.18. The van der Waals surface area contributed by atoms with E-state index in [2.05, 4.69) is 32.3 Å². The molecule has 3 N–H and O–H groups in total. The molecule has 1 aromatic rings. The Morgan fingerprint density at radius 1 is 1.25 bits per heavy atom. The predicted molar refractivity (Wildman–Crippen MR) is 82.7 cm³/mol. The minimum absolute atomic E-state index is 0.00899. The Hall–Kier alpha value is -1.10. The van der Waals surface area contributed by atoms with Crippen LogP contribution in [0.3, 0.4) is 0 Å². The minimum Gasteiger partial charge on any atom is -0.496 e. The van der Waals surface area contributed by atoms with Crippen molar-refractivity contribution in [2.45, 2.75) is 46.3 Å². The van der Waals surface area contributed by atoms with Gasteiger partial charge < -0.3 is 9.47 Å². The van der Waals surface area contributed by atoms with Crippen molar-refractivity contribution in [1.82, 2.24) is 5.43 Å². The van der Waals surface area contributed by atoms with E-state index in [0.29, 0.717) is 6.61 Å². The fraction of sp³-hybridized carbons (Fsp3) is 0.625. The van der Waals surface area contributed by atoms with E-state index in [1.165, 1.54) is 0 Å². The van der Waals surface area contributed by atoms with Gasteiger partial charge >= 0.3 is 0 Å². The molecule has 0 aliphatic carbocycles. The Kier molecular flexibility index (Phi) is 6.46. The standard InChI is InChI=1S/C16H28N2O2/c1-6-20-15(16(2,3)4)13(18-17)11-12-9-7-8-10-14(12)19-5/h7-10,13,15,18H,6,11,17H2,1-5H3. The first-order chi connectivity index (χ1) is 9.43. The third kappa shape index (κ3) is 4.47. The minimum atomic E-state index is 0.00899. The second-order valence-corrected chi connectivity index (χ2v) is 6.03. The van der Waals surface area contributed by atoms with E-state index in [9.17, 15) is 0 Å². The van der Waals surface area contributed by atoms with Crippen LogP contribution in [0.15, 0.2) is 24.3 Å². The van der Waals surface area contributed by atoms with Crippen LogP contribution in [0.4, 0.5) is 0 Å². The maximum atomic E-state index is 5.92. The Morgan fingerprint density at radius 3 is 2.40 bits per heavy atom. The fourth-order valence-corrected chi connectivity index (χ4v) is 2.51. The molecular weight excluding hydrogens is 252 g/mol. The molecule has 114 valence electrons. The molecule has 20 heavy (non-hydrogen) atoms. The molecule has 0 radical (unpaired) electrons. The average Bonchev–Trinajstić information content (AvgIpc) is 2.42. The number of para-hydroxylation sites is 1. The van der Waals surface area contributed by atoms with Crippen LogP contribution in [-0.4, -0.2) is 25.9 Å². The Labute approximate surface area is 122 Å². The first-order valence-electron chi connectivity index (χ1n) is 7.13. The molecule has 0 amide bonds. The summed E-state index contributed by atoms with van der Waals surface area (Å²) in [7, 11) is 1.69. The quantitative estimate of drug-likeness (QED) is 0.595. The van der Waals surface area contributed by atoms with E-state index in [4.69, 9.17) is 15.3 Å². The van der Waals surface area contributed by atoms with Gasteiger partial charge in [-0.3, -0.25) is 11.3 Å². The molecule has 2 atom stereocenters. The summed E-state index contributed by atoms with van der Waals surface area (Å²) in [5.41, 5.74) is 4.05. The van der Waals surface area contributed by atoms with E-state index < -0.39 is 0 Å². The lowest BCUT2D eigenvalue weighted by atomic mass is 9.82. The number of hydrazine groups is 1. The molecule has 4 nitrogen and oxygen atoms in total. The smallest absolute Gasteiger partial charge is 0.122 e. The maximum absolute atomic E-state index is 5.92. The van der Waals surface area contributed by atoms with Crippen LogP contribution in [0.1, 0.15) is 33.3 Å². The summed E-state index contributed by atoms with van der Waals surface area (Å²) in [6, 6.07) is 8.05. The van der Waals surface area contributed by atoms with Gasteiger partial charge in [0.2, 0.25) is 0 Å². The van der Waals surface area contributed by atoms with Crippen molar-refractivity contribution < 1.29 is 9.47 Å². The molecule has 0 aromatic heterocycles. The van der Waals surface area contributed by atoms with Crippen molar-refractivity contribution in [1.29, 1.82) is 0 Å². The molecule has 1 aromatic carbocycles. The van der Waals surface area contributed by atoms with Gasteiger partial charge in [0.15, 0.2) is 0 Å². The Morgan fingerprint density at radius 2 is 1.90 bits per heavy atom. The highest BCUT2D eigenvalue weighted by atomic mass is 16.5. The molecule has 0 aliphatic heterocycles. The molecule has 0 saturated heterocycles. The lowest BCUT2D eigenvalue weighted by Gasteiger charge is -2.36. The number of hydrogen-bond donors (Lipinski definition) is 2. The zero-order chi connectivity index (χ0) is 15.2. The number of hydrogen-bond acceptors (Lipinski definition) is 4. The highest BCUT2D eigenvalue weighted by molar-refractivity contribution is 5.34. The number of benzene rings is 1. The van der Waals surface area contributed by atoms with Gasteiger partial charge in [-0.05, 0) is 30.4 Å². The van der Waals surface area contributed by atoms with Gasteiger partial charge in [-0.1, -0.05) is 39.0 Å². The monoisotopic (exact) mass is 280 g/mol. The summed E-state index contributed by atoms with van der Waals surface area (Å²) < 4.78 is 11.3. The molecule has 0 aliphatic rings. The number of methoxy groups -OCH3 is 1. The van der Waals surface area contributed by atoms with Crippen LogP contribution in [0, 0.1) is 5.41 Å². The summed E-state index contributed by atoms with van der Waals surface area (Å²) >= 11 is 0. The van der Waals surface area contributed by atoms with Crippen LogP contribution >= 0.6 is 0 Å². The van der Waals surface area contributed by atoms with Crippen molar-refractivity contribution in [3.05, 3.63) is 29.8 Å². The fourth-order valence-electron chi connectivity index (χ4n) is 2.51. The second-order valence-electron chi connectivity index (χ2n) is 6.03. The molecule has 4 heteroatoms. The molecule has 0 saturated carbocycles. The Bertz CT molecular complexity index is 402. The summed E-state index contributed by atoms with van der Waals surface area (Å²) in [6.07, 6.45) is 0.796. The van der Waals surface area contributed by atoms with Crippen molar-refractivity contribution in [3.8, 4) is 5.75 Å². The predicted octanol–water partition coefficient (Wildman–Crippen LogP) is 2.52. The van der Waals surface area contributed by atoms with Gasteiger partial charge in [-0.15, -0.1) is 0 Å². The zero-order valence-electron chi connectivity index (χ0n) is 13.3. The normalized spacial score (nSPS) is 14.9. The molecular formula is C16H28N2O2. The summed E-state index contributed by atoms with van der Waals surface area (Å²) in [5, 5.41) is 0. The van der Waals surface area contributed by atoms with Crippen LogP contribution in [0.25, 0.3) is 0 Å². The van der Waals surface area contributed by atoms with E-state index in [1.54, 1.807) is 7.11 Å². The third-order valence-corrected chi connectivity index (χ3v) is 3.41. The first kappa shape index (κ1) is 17.0. The number of nitrogens with one attached hydrogen (secondary N) is 1. The molecule has 0 bridgehead atoms. The highest BCUT2D eigenvalue weighted by Gasteiger charge is 2.32. The Balaban J connectivity index is 2.94. The molecule has 0 heterocycles. The van der Waals surface area contributed by atoms with E-state index in [-0.39, 0.29) is 17.6 Å². The maximum Gasteiger partial charge on any atom is 0.122 e. The van der Waals surface area contributed by atoms with Gasteiger partial charge in [0.05, 0.1) is 19.3 Å². The van der Waals surface area contributed by atoms with Gasteiger partial charge in [0, 0.05) is 6.61 Å². The van der Waals surface area contributed by atoms with Crippen LogP contribution in [0.2, 0.25) is 0 Å². The van der Waals surface area contributed by atoms with Crippen molar-refractivity contribution in [2.24, 2.45) is 11.3 Å². The largest absolute Gasteiger partial charge is 0.496 e. The first-order valence-corrected chi connectivity index (χ1v) is 7.13. The van der Waals surface area contributed by atoms with Gasteiger partial charge in [0.25, 0.3) is 0 Å². The van der Waals surface area contributed by atoms with Gasteiger partial charge in [-0.25, -0.2) is 0 Å². The van der Waals surface area contributed by atoms with Crippen LogP contribution in [0.5, 0.6) is 5.75 Å². The SMILES string of the molecule is CCOC(C(Cc1ccccc1OC)NN)C(C)(C)C. The molecule has 1 rings (SSSR count).